The van der Waals surface area contributed by atoms with Crippen LogP contribution in [0.1, 0.15) is 43.6 Å². The molecular formula is C16H21NO3. The number of hydrogen-bond donors (Lipinski definition) is 1. The van der Waals surface area contributed by atoms with Crippen LogP contribution in [0.5, 0.6) is 11.5 Å². The average Bonchev–Trinajstić information content (AvgIpc) is 3.10. The normalized spacial score (nSPS) is 22.9. The lowest BCUT2D eigenvalue weighted by molar-refractivity contribution is -0.119. The smallest absolute Gasteiger partial charge is 0.220 e. The molecule has 1 aromatic rings. The number of benzene rings is 1. The van der Waals surface area contributed by atoms with Crippen LogP contribution >= 0.6 is 0 Å². The molecule has 1 saturated heterocycles. The maximum absolute atomic E-state index is 11.4. The van der Waals surface area contributed by atoms with Crippen molar-refractivity contribution in [1.82, 2.24) is 5.32 Å². The fourth-order valence-electron chi connectivity index (χ4n) is 3.09. The van der Waals surface area contributed by atoms with Crippen molar-refractivity contribution in [1.29, 1.82) is 0 Å². The zero-order valence-corrected chi connectivity index (χ0v) is 11.9. The van der Waals surface area contributed by atoms with E-state index in [-0.39, 0.29) is 11.8 Å². The molecule has 1 aliphatic heterocycles. The molecule has 0 unspecified atom stereocenters. The first-order valence-electron chi connectivity index (χ1n) is 7.37. The van der Waals surface area contributed by atoms with E-state index in [9.17, 15) is 4.79 Å². The van der Waals surface area contributed by atoms with Gasteiger partial charge in [0.25, 0.3) is 0 Å². The third-order valence-electron chi connectivity index (χ3n) is 4.23. The first kappa shape index (κ1) is 13.3. The molecule has 20 heavy (non-hydrogen) atoms. The van der Waals surface area contributed by atoms with E-state index in [2.05, 4.69) is 5.32 Å². The van der Waals surface area contributed by atoms with Crippen molar-refractivity contribution in [3.63, 3.8) is 0 Å². The van der Waals surface area contributed by atoms with Gasteiger partial charge in [-0.3, -0.25) is 4.79 Å². The molecule has 2 fully saturated rings. The van der Waals surface area contributed by atoms with E-state index in [0.717, 1.165) is 29.9 Å². The van der Waals surface area contributed by atoms with Gasteiger partial charge in [-0.15, -0.1) is 0 Å². The van der Waals surface area contributed by atoms with Gasteiger partial charge < -0.3 is 14.8 Å². The summed E-state index contributed by atoms with van der Waals surface area (Å²) in [7, 11) is 1.66. The van der Waals surface area contributed by atoms with Crippen LogP contribution in [0.3, 0.4) is 0 Å². The van der Waals surface area contributed by atoms with E-state index in [1.165, 1.54) is 12.8 Å². The second kappa shape index (κ2) is 5.73. The number of methoxy groups -OCH3 is 1. The van der Waals surface area contributed by atoms with E-state index in [0.29, 0.717) is 19.1 Å². The maximum atomic E-state index is 11.4. The van der Waals surface area contributed by atoms with E-state index >= 15 is 0 Å². The molecule has 0 radical (unpaired) electrons. The zero-order valence-electron chi connectivity index (χ0n) is 11.9. The lowest BCUT2D eigenvalue weighted by atomic mass is 9.97. The van der Waals surface area contributed by atoms with E-state index in [1.54, 1.807) is 7.11 Å². The third kappa shape index (κ3) is 2.74. The predicted molar refractivity (Wildman–Crippen MR) is 76.2 cm³/mol. The summed E-state index contributed by atoms with van der Waals surface area (Å²) in [5.74, 6) is 2.03. The van der Waals surface area contributed by atoms with Crippen LogP contribution in [0.4, 0.5) is 0 Å². The Labute approximate surface area is 119 Å². The van der Waals surface area contributed by atoms with Gasteiger partial charge in [-0.2, -0.15) is 0 Å². The summed E-state index contributed by atoms with van der Waals surface area (Å²) in [6.45, 7) is 0.701. The van der Waals surface area contributed by atoms with Crippen molar-refractivity contribution in [2.45, 2.75) is 44.1 Å². The Kier molecular flexibility index (Phi) is 3.81. The number of amides is 1. The second-order valence-corrected chi connectivity index (χ2v) is 5.63. The van der Waals surface area contributed by atoms with Crippen molar-refractivity contribution in [3.8, 4) is 11.5 Å². The lowest BCUT2D eigenvalue weighted by Gasteiger charge is -2.19. The molecule has 4 heteroatoms. The fraction of sp³-hybridized carbons (Fsp3) is 0.562. The molecule has 0 spiro atoms. The second-order valence-electron chi connectivity index (χ2n) is 5.63. The Hall–Kier alpha value is -1.71. The van der Waals surface area contributed by atoms with E-state index in [4.69, 9.17) is 9.47 Å². The minimum absolute atomic E-state index is 0.123. The Bertz CT molecular complexity index is 494. The summed E-state index contributed by atoms with van der Waals surface area (Å²) in [5.41, 5.74) is 1.12. The summed E-state index contributed by atoms with van der Waals surface area (Å²) in [5, 5.41) is 2.89. The number of carbonyl (C=O) groups is 1. The predicted octanol–water partition coefficient (Wildman–Crippen LogP) is 2.62. The molecule has 4 nitrogen and oxygen atoms in total. The highest BCUT2D eigenvalue weighted by Gasteiger charge is 2.27. The molecule has 1 aromatic carbocycles. The lowest BCUT2D eigenvalue weighted by Crippen LogP contribution is -2.15. The highest BCUT2D eigenvalue weighted by atomic mass is 16.5. The number of carbonyl (C=O) groups excluding carboxylic acids is 1. The Balaban J connectivity index is 1.85. The van der Waals surface area contributed by atoms with Crippen LogP contribution in [0.15, 0.2) is 18.2 Å². The highest BCUT2D eigenvalue weighted by Crippen LogP contribution is 2.36. The summed E-state index contributed by atoms with van der Waals surface area (Å²) < 4.78 is 11.5. The van der Waals surface area contributed by atoms with Gasteiger partial charge in [0.05, 0.1) is 13.2 Å². The summed E-state index contributed by atoms with van der Waals surface area (Å²) in [6.07, 6.45) is 5.59. The molecule has 1 aliphatic carbocycles. The Morgan fingerprint density at radius 3 is 2.70 bits per heavy atom. The van der Waals surface area contributed by atoms with Crippen molar-refractivity contribution in [3.05, 3.63) is 23.8 Å². The highest BCUT2D eigenvalue weighted by molar-refractivity contribution is 5.79. The van der Waals surface area contributed by atoms with Gasteiger partial charge >= 0.3 is 0 Å². The van der Waals surface area contributed by atoms with Crippen LogP contribution < -0.4 is 14.8 Å². The molecule has 1 N–H and O–H groups in total. The molecule has 1 atom stereocenters. The minimum Gasteiger partial charge on any atom is -0.497 e. The number of nitrogens with one attached hydrogen (secondary N) is 1. The van der Waals surface area contributed by atoms with Crippen LogP contribution in [0.25, 0.3) is 0 Å². The fourth-order valence-corrected chi connectivity index (χ4v) is 3.09. The monoisotopic (exact) mass is 275 g/mol. The van der Waals surface area contributed by atoms with Gasteiger partial charge in [-0.1, -0.05) is 6.07 Å². The van der Waals surface area contributed by atoms with Gasteiger partial charge in [-0.25, -0.2) is 0 Å². The van der Waals surface area contributed by atoms with Crippen LogP contribution in [-0.2, 0) is 4.79 Å². The van der Waals surface area contributed by atoms with Gasteiger partial charge in [-0.05, 0) is 37.3 Å². The Morgan fingerprint density at radius 2 is 2.05 bits per heavy atom. The molecule has 0 aromatic heterocycles. The van der Waals surface area contributed by atoms with Crippen LogP contribution in [0.2, 0.25) is 0 Å². The maximum Gasteiger partial charge on any atom is 0.220 e. The molecule has 2 aliphatic rings. The van der Waals surface area contributed by atoms with Crippen molar-refractivity contribution < 1.29 is 14.3 Å². The topological polar surface area (TPSA) is 47.6 Å². The summed E-state index contributed by atoms with van der Waals surface area (Å²) in [6, 6.07) is 5.93. The molecule has 1 amide bonds. The quantitative estimate of drug-likeness (QED) is 0.919. The van der Waals surface area contributed by atoms with E-state index in [1.807, 2.05) is 18.2 Å². The number of rotatable bonds is 4. The molecule has 1 heterocycles. The first-order chi connectivity index (χ1) is 9.76. The minimum atomic E-state index is 0.123. The number of ether oxygens (including phenoxy) is 2. The van der Waals surface area contributed by atoms with E-state index < -0.39 is 0 Å². The molecule has 1 saturated carbocycles. The zero-order chi connectivity index (χ0) is 13.9. The third-order valence-corrected chi connectivity index (χ3v) is 4.23. The van der Waals surface area contributed by atoms with Crippen LogP contribution in [0, 0.1) is 0 Å². The molecule has 0 bridgehead atoms. The summed E-state index contributed by atoms with van der Waals surface area (Å²) >= 11 is 0. The van der Waals surface area contributed by atoms with Gasteiger partial charge in [0.1, 0.15) is 11.5 Å². The van der Waals surface area contributed by atoms with Gasteiger partial charge in [0.15, 0.2) is 0 Å². The number of hydrogen-bond acceptors (Lipinski definition) is 3. The Morgan fingerprint density at radius 1 is 1.25 bits per heavy atom. The van der Waals surface area contributed by atoms with Crippen molar-refractivity contribution >= 4 is 5.91 Å². The molecular weight excluding hydrogens is 254 g/mol. The largest absolute Gasteiger partial charge is 0.497 e. The van der Waals surface area contributed by atoms with Gasteiger partial charge in [0.2, 0.25) is 5.91 Å². The SMILES string of the molecule is COc1ccc([C@@H]2CNC(=O)C2)c(OC2CCCC2)c1. The van der Waals surface area contributed by atoms with Crippen LogP contribution in [-0.4, -0.2) is 25.7 Å². The molecule has 108 valence electrons. The average molecular weight is 275 g/mol. The summed E-state index contributed by atoms with van der Waals surface area (Å²) in [4.78, 5) is 11.4. The van der Waals surface area contributed by atoms with Crippen molar-refractivity contribution in [2.24, 2.45) is 0 Å². The standard InChI is InChI=1S/C16H21NO3/c1-19-13-6-7-14(11-8-16(18)17-10-11)15(9-13)20-12-4-2-3-5-12/h6-7,9,11-12H,2-5,8,10H2,1H3,(H,17,18)/t11-/m0/s1. The first-order valence-corrected chi connectivity index (χ1v) is 7.37. The van der Waals surface area contributed by atoms with Gasteiger partial charge in [0, 0.05) is 24.9 Å². The molecule has 3 rings (SSSR count). The van der Waals surface area contributed by atoms with Crippen molar-refractivity contribution in [2.75, 3.05) is 13.7 Å².